The zero-order valence-electron chi connectivity index (χ0n) is 16.2. The molecule has 4 saturated carbocycles. The number of nitrogens with zero attached hydrogens (tertiary/aromatic N) is 2. The maximum Gasteiger partial charge on any atom is 0.245 e. The average Bonchev–Trinajstić information content (AvgIpc) is 3.30. The molecule has 1 atom stereocenters. The van der Waals surface area contributed by atoms with Crippen LogP contribution in [0, 0.1) is 23.2 Å². The molecule has 1 aliphatic heterocycles. The molecule has 4 nitrogen and oxygen atoms in total. The number of likely N-dealkylation sites (tertiary alicyclic amines) is 1. The Morgan fingerprint density at radius 3 is 2.44 bits per heavy atom. The smallest absolute Gasteiger partial charge is 0.245 e. The molecule has 146 valence electrons. The van der Waals surface area contributed by atoms with Gasteiger partial charge in [-0.05, 0) is 80.6 Å². The van der Waals surface area contributed by atoms with Gasteiger partial charge in [-0.15, -0.1) is 11.3 Å². The molecule has 6 rings (SSSR count). The predicted octanol–water partition coefficient (Wildman–Crippen LogP) is 3.91. The van der Waals surface area contributed by atoms with Gasteiger partial charge in [-0.2, -0.15) is 0 Å². The van der Waals surface area contributed by atoms with Gasteiger partial charge in [0.15, 0.2) is 0 Å². The second-order valence-electron chi connectivity index (χ2n) is 9.63. The SMILES string of the molecule is CN(Cc1cccs1)C(=O)C1CCCN1C(=O)C12CC3CC(CC(C3)C1)C2. The van der Waals surface area contributed by atoms with Crippen LogP contribution in [0.5, 0.6) is 0 Å². The zero-order chi connectivity index (χ0) is 18.6. The first kappa shape index (κ1) is 17.7. The van der Waals surface area contributed by atoms with Gasteiger partial charge in [0, 0.05) is 18.5 Å². The highest BCUT2D eigenvalue weighted by Crippen LogP contribution is 2.60. The highest BCUT2D eigenvalue weighted by atomic mass is 32.1. The summed E-state index contributed by atoms with van der Waals surface area (Å²) >= 11 is 1.68. The van der Waals surface area contributed by atoms with Crippen molar-refractivity contribution in [3.8, 4) is 0 Å². The molecule has 4 bridgehead atoms. The summed E-state index contributed by atoms with van der Waals surface area (Å²) in [4.78, 5) is 31.9. The van der Waals surface area contributed by atoms with Crippen LogP contribution in [0.4, 0.5) is 0 Å². The lowest BCUT2D eigenvalue weighted by atomic mass is 9.49. The van der Waals surface area contributed by atoms with E-state index in [2.05, 4.69) is 6.07 Å². The monoisotopic (exact) mass is 386 g/mol. The number of thiophene rings is 1. The first-order chi connectivity index (χ1) is 13.0. The van der Waals surface area contributed by atoms with Crippen molar-refractivity contribution in [2.75, 3.05) is 13.6 Å². The summed E-state index contributed by atoms with van der Waals surface area (Å²) in [5.41, 5.74) is -0.135. The Bertz CT molecular complexity index is 693. The van der Waals surface area contributed by atoms with Crippen LogP contribution in [0.3, 0.4) is 0 Å². The van der Waals surface area contributed by atoms with Crippen molar-refractivity contribution in [1.82, 2.24) is 9.80 Å². The van der Waals surface area contributed by atoms with E-state index >= 15 is 0 Å². The van der Waals surface area contributed by atoms with Crippen molar-refractivity contribution in [2.45, 2.75) is 64.0 Å². The van der Waals surface area contributed by atoms with Gasteiger partial charge in [0.25, 0.3) is 0 Å². The van der Waals surface area contributed by atoms with Gasteiger partial charge < -0.3 is 9.80 Å². The molecule has 0 aromatic carbocycles. The Morgan fingerprint density at radius 2 is 1.85 bits per heavy atom. The highest BCUT2D eigenvalue weighted by Gasteiger charge is 2.56. The molecule has 5 aliphatic rings. The van der Waals surface area contributed by atoms with Gasteiger partial charge in [0.2, 0.25) is 11.8 Å². The van der Waals surface area contributed by atoms with E-state index in [1.54, 1.807) is 11.3 Å². The van der Waals surface area contributed by atoms with E-state index < -0.39 is 0 Å². The first-order valence-corrected chi connectivity index (χ1v) is 11.5. The molecule has 4 aliphatic carbocycles. The van der Waals surface area contributed by atoms with E-state index in [-0.39, 0.29) is 17.4 Å². The molecule has 1 aromatic rings. The third-order valence-electron chi connectivity index (χ3n) is 7.64. The van der Waals surface area contributed by atoms with Crippen molar-refractivity contribution in [3.63, 3.8) is 0 Å². The number of amides is 2. The van der Waals surface area contributed by atoms with Crippen molar-refractivity contribution in [1.29, 1.82) is 0 Å². The standard InChI is InChI=1S/C22H30N2O2S/c1-23(14-18-4-3-7-27-18)20(25)19-5-2-6-24(19)21(26)22-11-15-8-16(12-22)10-17(9-15)13-22/h3-4,7,15-17,19H,2,5-6,8-14H2,1H3. The summed E-state index contributed by atoms with van der Waals surface area (Å²) in [6, 6.07) is 3.86. The van der Waals surface area contributed by atoms with Gasteiger partial charge in [-0.1, -0.05) is 6.07 Å². The third kappa shape index (κ3) is 3.02. The normalized spacial score (nSPS) is 37.0. The van der Waals surface area contributed by atoms with Crippen LogP contribution in [0.1, 0.15) is 56.2 Å². The molecule has 1 aromatic heterocycles. The molecule has 5 heteroatoms. The largest absolute Gasteiger partial charge is 0.339 e. The number of carbonyl (C=O) groups excluding carboxylic acids is 2. The topological polar surface area (TPSA) is 40.6 Å². The zero-order valence-corrected chi connectivity index (χ0v) is 17.0. The molecular weight excluding hydrogens is 356 g/mol. The van der Waals surface area contributed by atoms with Crippen LogP contribution in [-0.2, 0) is 16.1 Å². The maximum absolute atomic E-state index is 13.7. The molecule has 2 heterocycles. The molecule has 1 saturated heterocycles. The van der Waals surface area contributed by atoms with Gasteiger partial charge in [-0.25, -0.2) is 0 Å². The molecule has 1 unspecified atom stereocenters. The van der Waals surface area contributed by atoms with Crippen LogP contribution in [-0.4, -0.2) is 41.2 Å². The first-order valence-electron chi connectivity index (χ1n) is 10.6. The number of carbonyl (C=O) groups is 2. The van der Waals surface area contributed by atoms with Crippen LogP contribution < -0.4 is 0 Å². The Labute approximate surface area is 165 Å². The van der Waals surface area contributed by atoms with Crippen molar-refractivity contribution < 1.29 is 9.59 Å². The van der Waals surface area contributed by atoms with Crippen LogP contribution in [0.15, 0.2) is 17.5 Å². The van der Waals surface area contributed by atoms with E-state index in [9.17, 15) is 9.59 Å². The fourth-order valence-electron chi connectivity index (χ4n) is 6.91. The van der Waals surface area contributed by atoms with Gasteiger partial charge in [0.05, 0.1) is 12.0 Å². The molecule has 0 spiro atoms. The molecule has 5 fully saturated rings. The van der Waals surface area contributed by atoms with E-state index in [1.165, 1.54) is 24.1 Å². The lowest BCUT2D eigenvalue weighted by Crippen LogP contribution is -2.57. The second-order valence-corrected chi connectivity index (χ2v) is 10.7. The summed E-state index contributed by atoms with van der Waals surface area (Å²) in [5, 5.41) is 2.05. The summed E-state index contributed by atoms with van der Waals surface area (Å²) in [7, 11) is 1.88. The van der Waals surface area contributed by atoms with Crippen LogP contribution in [0.25, 0.3) is 0 Å². The fraction of sp³-hybridized carbons (Fsp3) is 0.727. The Kier molecular flexibility index (Phi) is 4.34. The van der Waals surface area contributed by atoms with E-state index in [0.29, 0.717) is 12.5 Å². The average molecular weight is 387 g/mol. The number of hydrogen-bond acceptors (Lipinski definition) is 3. The van der Waals surface area contributed by atoms with Gasteiger partial charge in [0.1, 0.15) is 6.04 Å². The van der Waals surface area contributed by atoms with E-state index in [1.807, 2.05) is 28.3 Å². The molecule has 27 heavy (non-hydrogen) atoms. The number of hydrogen-bond donors (Lipinski definition) is 0. The summed E-state index contributed by atoms with van der Waals surface area (Å²) < 4.78 is 0. The molecule has 2 amide bonds. The highest BCUT2D eigenvalue weighted by molar-refractivity contribution is 7.09. The predicted molar refractivity (Wildman–Crippen MR) is 106 cm³/mol. The van der Waals surface area contributed by atoms with Crippen molar-refractivity contribution >= 4 is 23.2 Å². The molecule has 0 N–H and O–H groups in total. The van der Waals surface area contributed by atoms with Crippen LogP contribution in [0.2, 0.25) is 0 Å². The minimum atomic E-state index is -0.240. The molecular formula is C22H30N2O2S. The Morgan fingerprint density at radius 1 is 1.19 bits per heavy atom. The lowest BCUT2D eigenvalue weighted by molar-refractivity contribution is -0.161. The van der Waals surface area contributed by atoms with Crippen molar-refractivity contribution in [2.24, 2.45) is 23.2 Å². The summed E-state index contributed by atoms with van der Waals surface area (Å²) in [6.07, 6.45) is 9.07. The van der Waals surface area contributed by atoms with Gasteiger partial charge >= 0.3 is 0 Å². The van der Waals surface area contributed by atoms with E-state index in [4.69, 9.17) is 0 Å². The van der Waals surface area contributed by atoms with E-state index in [0.717, 1.165) is 56.4 Å². The Balaban J connectivity index is 1.32. The van der Waals surface area contributed by atoms with Crippen LogP contribution >= 0.6 is 11.3 Å². The Hall–Kier alpha value is -1.36. The number of rotatable bonds is 4. The summed E-state index contributed by atoms with van der Waals surface area (Å²) in [5.74, 6) is 2.73. The minimum absolute atomic E-state index is 0.124. The van der Waals surface area contributed by atoms with Gasteiger partial charge in [-0.3, -0.25) is 9.59 Å². The fourth-order valence-corrected chi connectivity index (χ4v) is 7.67. The quantitative estimate of drug-likeness (QED) is 0.787. The summed E-state index contributed by atoms with van der Waals surface area (Å²) in [6.45, 7) is 1.41. The minimum Gasteiger partial charge on any atom is -0.339 e. The lowest BCUT2D eigenvalue weighted by Gasteiger charge is -2.56. The molecule has 0 radical (unpaired) electrons. The second kappa shape index (κ2) is 6.61. The third-order valence-corrected chi connectivity index (χ3v) is 8.50. The van der Waals surface area contributed by atoms with Crippen molar-refractivity contribution in [3.05, 3.63) is 22.4 Å². The maximum atomic E-state index is 13.7. The number of likely N-dealkylation sites (N-methyl/N-ethyl adjacent to an activating group) is 1.